The summed E-state index contributed by atoms with van der Waals surface area (Å²) in [5.74, 6) is 0.659. The molecule has 4 rings (SSSR count). The number of aromatic nitrogens is 1. The summed E-state index contributed by atoms with van der Waals surface area (Å²) < 4.78 is 16.7. The molecule has 7 heteroatoms. The largest absolute Gasteiger partial charge is 0.489 e. The van der Waals surface area contributed by atoms with Crippen LogP contribution in [0.25, 0.3) is 10.9 Å². The first-order chi connectivity index (χ1) is 14.5. The number of pyridine rings is 1. The van der Waals surface area contributed by atoms with Gasteiger partial charge in [-0.25, -0.2) is 9.78 Å². The molecule has 3 heterocycles. The maximum atomic E-state index is 12.5. The van der Waals surface area contributed by atoms with Gasteiger partial charge in [0.25, 0.3) is 5.91 Å². The van der Waals surface area contributed by atoms with Gasteiger partial charge in [-0.3, -0.25) is 4.79 Å². The van der Waals surface area contributed by atoms with Gasteiger partial charge in [0.15, 0.2) is 0 Å². The van der Waals surface area contributed by atoms with Crippen molar-refractivity contribution in [1.82, 2.24) is 10.3 Å². The smallest absolute Gasteiger partial charge is 0.349 e. The third-order valence-corrected chi connectivity index (χ3v) is 5.11. The normalized spacial score (nSPS) is 16.0. The molecule has 1 saturated heterocycles. The summed E-state index contributed by atoms with van der Waals surface area (Å²) in [6, 6.07) is 11.4. The van der Waals surface area contributed by atoms with Gasteiger partial charge < -0.3 is 19.2 Å². The van der Waals surface area contributed by atoms with E-state index in [1.165, 1.54) is 0 Å². The molecule has 0 saturated carbocycles. The number of hydrogen-bond acceptors (Lipinski definition) is 6. The van der Waals surface area contributed by atoms with Gasteiger partial charge in [-0.05, 0) is 50.5 Å². The molecule has 0 spiro atoms. The minimum Gasteiger partial charge on any atom is -0.489 e. The molecule has 1 aliphatic rings. The minimum absolute atomic E-state index is 0.0131. The van der Waals surface area contributed by atoms with Crippen molar-refractivity contribution in [2.45, 2.75) is 32.8 Å². The number of benzene rings is 1. The first-order valence-electron chi connectivity index (χ1n) is 10.1. The van der Waals surface area contributed by atoms with Gasteiger partial charge in [-0.1, -0.05) is 18.2 Å². The lowest BCUT2D eigenvalue weighted by molar-refractivity contribution is 0.0881. The molecule has 1 amide bonds. The first kappa shape index (κ1) is 20.1. The number of amides is 1. The molecular weight excluding hydrogens is 384 g/mol. The van der Waals surface area contributed by atoms with E-state index in [9.17, 15) is 9.59 Å². The minimum atomic E-state index is -0.646. The summed E-state index contributed by atoms with van der Waals surface area (Å²) in [6.45, 7) is 4.80. The van der Waals surface area contributed by atoms with Gasteiger partial charge in [0, 0.05) is 17.7 Å². The first-order valence-corrected chi connectivity index (χ1v) is 10.1. The van der Waals surface area contributed by atoms with Crippen molar-refractivity contribution in [2.75, 3.05) is 19.8 Å². The van der Waals surface area contributed by atoms with Crippen LogP contribution in [0.3, 0.4) is 0 Å². The van der Waals surface area contributed by atoms with Gasteiger partial charge in [0.05, 0.1) is 6.54 Å². The highest BCUT2D eigenvalue weighted by atomic mass is 16.5. The zero-order valence-corrected chi connectivity index (χ0v) is 17.1. The molecule has 0 radical (unpaired) electrons. The van der Waals surface area contributed by atoms with Crippen LogP contribution >= 0.6 is 0 Å². The molecule has 2 aromatic heterocycles. The quantitative estimate of drug-likeness (QED) is 0.628. The average molecular weight is 408 g/mol. The average Bonchev–Trinajstić information content (AvgIpc) is 3.26. The number of ether oxygens (including phenoxy) is 2. The van der Waals surface area contributed by atoms with Crippen molar-refractivity contribution >= 4 is 16.8 Å². The number of rotatable bonds is 6. The second-order valence-electron chi connectivity index (χ2n) is 7.38. The van der Waals surface area contributed by atoms with Crippen LogP contribution in [0.15, 0.2) is 45.6 Å². The van der Waals surface area contributed by atoms with Crippen LogP contribution in [-0.4, -0.2) is 30.6 Å². The Bertz CT molecular complexity index is 1130. The van der Waals surface area contributed by atoms with Crippen LogP contribution < -0.4 is 15.7 Å². The fourth-order valence-corrected chi connectivity index (χ4v) is 3.61. The Hall–Kier alpha value is -3.19. The topological polar surface area (TPSA) is 90.7 Å². The summed E-state index contributed by atoms with van der Waals surface area (Å²) in [6.07, 6.45) is 1.54. The molecule has 1 aromatic carbocycles. The van der Waals surface area contributed by atoms with Crippen LogP contribution in [0.1, 0.15) is 46.3 Å². The molecule has 7 nitrogen and oxygen atoms in total. The highest BCUT2D eigenvalue weighted by molar-refractivity contribution is 5.95. The Morgan fingerprint density at radius 3 is 2.90 bits per heavy atom. The van der Waals surface area contributed by atoms with Crippen molar-refractivity contribution in [3.8, 4) is 5.75 Å². The molecule has 0 aliphatic carbocycles. The van der Waals surface area contributed by atoms with E-state index >= 15 is 0 Å². The van der Waals surface area contributed by atoms with E-state index in [0.717, 1.165) is 29.4 Å². The second kappa shape index (κ2) is 8.67. The van der Waals surface area contributed by atoms with E-state index in [-0.39, 0.29) is 24.8 Å². The van der Waals surface area contributed by atoms with Crippen molar-refractivity contribution in [2.24, 2.45) is 0 Å². The summed E-state index contributed by atoms with van der Waals surface area (Å²) in [4.78, 5) is 29.4. The maximum absolute atomic E-state index is 12.5. The fourth-order valence-electron chi connectivity index (χ4n) is 3.61. The van der Waals surface area contributed by atoms with Gasteiger partial charge in [-0.2, -0.15) is 0 Å². The summed E-state index contributed by atoms with van der Waals surface area (Å²) in [5, 5.41) is 3.71. The summed E-state index contributed by atoms with van der Waals surface area (Å²) in [5.41, 5.74) is 1.63. The van der Waals surface area contributed by atoms with E-state index in [1.807, 2.05) is 37.3 Å². The number of fused-ring (bicyclic) bond motifs is 1. The van der Waals surface area contributed by atoms with Gasteiger partial charge in [-0.15, -0.1) is 0 Å². The van der Waals surface area contributed by atoms with Crippen molar-refractivity contribution in [3.63, 3.8) is 0 Å². The van der Waals surface area contributed by atoms with Crippen molar-refractivity contribution in [3.05, 3.63) is 69.4 Å². The highest BCUT2D eigenvalue weighted by Gasteiger charge is 2.24. The molecule has 1 fully saturated rings. The van der Waals surface area contributed by atoms with Crippen LogP contribution in [-0.2, 0) is 4.74 Å². The monoisotopic (exact) mass is 408 g/mol. The van der Waals surface area contributed by atoms with Crippen LogP contribution in [0.2, 0.25) is 0 Å². The van der Waals surface area contributed by atoms with Crippen molar-refractivity contribution in [1.29, 1.82) is 0 Å². The number of carbonyl (C=O) groups excluding carboxylic acids is 1. The lowest BCUT2D eigenvalue weighted by Crippen LogP contribution is -2.32. The lowest BCUT2D eigenvalue weighted by atomic mass is 10.1. The number of nitrogens with one attached hydrogen (secondary N) is 1. The number of nitrogens with zero attached hydrogens (tertiary/aromatic N) is 1. The predicted molar refractivity (Wildman–Crippen MR) is 112 cm³/mol. The zero-order valence-electron chi connectivity index (χ0n) is 17.1. The number of hydrogen-bond donors (Lipinski definition) is 1. The predicted octanol–water partition coefficient (Wildman–Crippen LogP) is 3.47. The zero-order chi connectivity index (χ0) is 21.1. The van der Waals surface area contributed by atoms with E-state index in [2.05, 4.69) is 10.3 Å². The molecule has 1 atom stereocenters. The van der Waals surface area contributed by atoms with Gasteiger partial charge >= 0.3 is 5.63 Å². The van der Waals surface area contributed by atoms with E-state index < -0.39 is 11.5 Å². The Morgan fingerprint density at radius 2 is 2.13 bits per heavy atom. The molecule has 3 aromatic rings. The third kappa shape index (κ3) is 4.21. The van der Waals surface area contributed by atoms with Crippen LogP contribution in [0.5, 0.6) is 5.75 Å². The molecular formula is C23H24N2O5. The molecule has 30 heavy (non-hydrogen) atoms. The Kier molecular flexibility index (Phi) is 5.81. The SMILES string of the molecule is Cc1ccc2cccc(OCCNC(=O)c3c(C)cc(C4CCCO4)oc3=O)c2n1. The number of aryl methyl sites for hydroxylation is 2. The molecule has 156 valence electrons. The third-order valence-electron chi connectivity index (χ3n) is 5.11. The molecule has 1 aliphatic heterocycles. The highest BCUT2D eigenvalue weighted by Crippen LogP contribution is 2.28. The molecule has 0 bridgehead atoms. The summed E-state index contributed by atoms with van der Waals surface area (Å²) >= 11 is 0. The Balaban J connectivity index is 1.39. The number of carbonyl (C=O) groups is 1. The fraction of sp³-hybridized carbons (Fsp3) is 0.348. The molecule has 1 N–H and O–H groups in total. The standard InChI is InChI=1S/C23H24N2O5/c1-14-13-19(17-7-4-11-28-17)30-23(27)20(14)22(26)24-10-12-29-18-6-3-5-16-9-8-15(2)25-21(16)18/h3,5-6,8-9,13,17H,4,7,10-12H2,1-2H3,(H,24,26). The summed E-state index contributed by atoms with van der Waals surface area (Å²) in [7, 11) is 0. The van der Waals surface area contributed by atoms with Crippen LogP contribution in [0.4, 0.5) is 0 Å². The molecule has 1 unspecified atom stereocenters. The second-order valence-corrected chi connectivity index (χ2v) is 7.38. The van der Waals surface area contributed by atoms with Gasteiger partial charge in [0.2, 0.25) is 0 Å². The van der Waals surface area contributed by atoms with E-state index in [1.54, 1.807) is 13.0 Å². The van der Waals surface area contributed by atoms with Crippen molar-refractivity contribution < 1.29 is 18.7 Å². The Morgan fingerprint density at radius 1 is 1.27 bits per heavy atom. The van der Waals surface area contributed by atoms with Crippen LogP contribution in [0, 0.1) is 13.8 Å². The Labute approximate surface area is 174 Å². The van der Waals surface area contributed by atoms with Gasteiger partial charge in [0.1, 0.15) is 35.3 Å². The lowest BCUT2D eigenvalue weighted by Gasteiger charge is -2.12. The number of para-hydroxylation sites is 1. The van der Waals surface area contributed by atoms with E-state index in [0.29, 0.717) is 23.7 Å². The maximum Gasteiger partial charge on any atom is 0.349 e. The van der Waals surface area contributed by atoms with E-state index in [4.69, 9.17) is 13.9 Å².